The van der Waals surface area contributed by atoms with E-state index in [1.54, 1.807) is 0 Å². The van der Waals surface area contributed by atoms with Crippen LogP contribution in [-0.2, 0) is 0 Å². The molecule has 6 aromatic rings. The van der Waals surface area contributed by atoms with Crippen LogP contribution in [0.1, 0.15) is 11.7 Å². The van der Waals surface area contributed by atoms with Gasteiger partial charge in [0.2, 0.25) is 0 Å². The molecule has 0 saturated heterocycles. The summed E-state index contributed by atoms with van der Waals surface area (Å²) in [5, 5.41) is 4.37. The van der Waals surface area contributed by atoms with Gasteiger partial charge in [-0.15, -0.1) is 0 Å². The summed E-state index contributed by atoms with van der Waals surface area (Å²) >= 11 is 0. The summed E-state index contributed by atoms with van der Waals surface area (Å²) in [5.74, 6) is 2.23. The Kier molecular flexibility index (Phi) is 5.55. The number of oxazole rings is 1. The minimum absolute atomic E-state index is 0.646. The zero-order valence-electron chi connectivity index (χ0n) is 20.1. The standard InChI is InChI=1S/C32H24N2O2/c1-21-29(30(34-36-21)23-11-5-3-6-12-23)27-17-9-15-25(19-27)26-16-10-18-28(20-26)31-32(35-22(2)33-31)24-13-7-4-8-14-24/h3-20H,1-2H3. The maximum Gasteiger partial charge on any atom is 0.192 e. The lowest BCUT2D eigenvalue weighted by Gasteiger charge is -2.09. The molecule has 0 fully saturated rings. The van der Waals surface area contributed by atoms with Crippen molar-refractivity contribution >= 4 is 0 Å². The van der Waals surface area contributed by atoms with E-state index >= 15 is 0 Å². The molecule has 36 heavy (non-hydrogen) atoms. The molecule has 0 aliphatic heterocycles. The topological polar surface area (TPSA) is 52.1 Å². The summed E-state index contributed by atoms with van der Waals surface area (Å²) in [6.45, 7) is 3.84. The molecule has 0 bridgehead atoms. The molecular formula is C32H24N2O2. The number of aromatic nitrogens is 2. The molecule has 6 rings (SSSR count). The Balaban J connectivity index is 1.42. The lowest BCUT2D eigenvalue weighted by atomic mass is 9.95. The smallest absolute Gasteiger partial charge is 0.192 e. The first-order valence-electron chi connectivity index (χ1n) is 11.9. The average Bonchev–Trinajstić information content (AvgIpc) is 3.52. The van der Waals surface area contributed by atoms with E-state index in [-0.39, 0.29) is 0 Å². The van der Waals surface area contributed by atoms with Gasteiger partial charge in [0.05, 0.1) is 5.56 Å². The van der Waals surface area contributed by atoms with E-state index in [9.17, 15) is 0 Å². The number of hydrogen-bond acceptors (Lipinski definition) is 4. The predicted molar refractivity (Wildman–Crippen MR) is 143 cm³/mol. The number of hydrogen-bond donors (Lipinski definition) is 0. The molecule has 0 spiro atoms. The van der Waals surface area contributed by atoms with E-state index < -0.39 is 0 Å². The van der Waals surface area contributed by atoms with Gasteiger partial charge >= 0.3 is 0 Å². The van der Waals surface area contributed by atoms with Crippen LogP contribution in [0.25, 0.3) is 56.1 Å². The van der Waals surface area contributed by atoms with Crippen LogP contribution in [0.3, 0.4) is 0 Å². The molecule has 0 atom stereocenters. The first-order chi connectivity index (χ1) is 17.7. The maximum atomic E-state index is 6.01. The fourth-order valence-electron chi connectivity index (χ4n) is 4.61. The van der Waals surface area contributed by atoms with Crippen molar-refractivity contribution in [1.82, 2.24) is 10.1 Å². The highest BCUT2D eigenvalue weighted by molar-refractivity contribution is 5.85. The Morgan fingerprint density at radius 3 is 1.78 bits per heavy atom. The zero-order chi connectivity index (χ0) is 24.5. The second-order valence-corrected chi connectivity index (χ2v) is 8.77. The van der Waals surface area contributed by atoms with Gasteiger partial charge in [-0.05, 0) is 35.7 Å². The van der Waals surface area contributed by atoms with Crippen LogP contribution in [0.5, 0.6) is 0 Å². The number of rotatable bonds is 5. The number of nitrogens with zero attached hydrogens (tertiary/aromatic N) is 2. The molecule has 4 aromatic carbocycles. The van der Waals surface area contributed by atoms with Crippen molar-refractivity contribution in [3.8, 4) is 56.1 Å². The Morgan fingerprint density at radius 2 is 1.08 bits per heavy atom. The highest BCUT2D eigenvalue weighted by Crippen LogP contribution is 2.38. The molecule has 0 aliphatic carbocycles. The summed E-state index contributed by atoms with van der Waals surface area (Å²) in [6, 6.07) is 37.2. The van der Waals surface area contributed by atoms with E-state index in [0.29, 0.717) is 5.89 Å². The van der Waals surface area contributed by atoms with Crippen LogP contribution in [-0.4, -0.2) is 10.1 Å². The minimum Gasteiger partial charge on any atom is -0.440 e. The molecule has 0 saturated carbocycles. The molecule has 0 radical (unpaired) electrons. The molecule has 4 nitrogen and oxygen atoms in total. The number of aryl methyl sites for hydroxylation is 2. The molecule has 2 heterocycles. The monoisotopic (exact) mass is 468 g/mol. The van der Waals surface area contributed by atoms with Crippen molar-refractivity contribution < 1.29 is 8.94 Å². The fraction of sp³-hybridized carbons (Fsp3) is 0.0625. The molecule has 174 valence electrons. The first-order valence-corrected chi connectivity index (χ1v) is 11.9. The summed E-state index contributed by atoms with van der Waals surface area (Å²) in [5.41, 5.74) is 9.04. The van der Waals surface area contributed by atoms with Crippen LogP contribution in [0, 0.1) is 13.8 Å². The molecule has 4 heteroatoms. The Labute approximate surface area is 209 Å². The van der Waals surface area contributed by atoms with Gasteiger partial charge in [-0.1, -0.05) is 102 Å². The van der Waals surface area contributed by atoms with Crippen LogP contribution >= 0.6 is 0 Å². The second kappa shape index (κ2) is 9.16. The van der Waals surface area contributed by atoms with Crippen molar-refractivity contribution in [3.63, 3.8) is 0 Å². The Bertz CT molecular complexity index is 1650. The van der Waals surface area contributed by atoms with E-state index in [1.807, 2.05) is 62.4 Å². The number of benzene rings is 4. The zero-order valence-corrected chi connectivity index (χ0v) is 20.1. The van der Waals surface area contributed by atoms with Crippen LogP contribution < -0.4 is 0 Å². The highest BCUT2D eigenvalue weighted by atomic mass is 16.5. The highest BCUT2D eigenvalue weighted by Gasteiger charge is 2.18. The normalized spacial score (nSPS) is 11.1. The fourth-order valence-corrected chi connectivity index (χ4v) is 4.61. The molecule has 0 unspecified atom stereocenters. The average molecular weight is 469 g/mol. The Hall–Kier alpha value is -4.70. The van der Waals surface area contributed by atoms with Crippen molar-refractivity contribution in [2.45, 2.75) is 13.8 Å². The van der Waals surface area contributed by atoms with Crippen molar-refractivity contribution in [1.29, 1.82) is 0 Å². The van der Waals surface area contributed by atoms with Gasteiger partial charge in [0.15, 0.2) is 11.7 Å². The molecule has 0 N–H and O–H groups in total. The van der Waals surface area contributed by atoms with E-state index in [0.717, 1.165) is 61.9 Å². The van der Waals surface area contributed by atoms with Gasteiger partial charge < -0.3 is 8.94 Å². The van der Waals surface area contributed by atoms with Crippen LogP contribution in [0.15, 0.2) is 118 Å². The van der Waals surface area contributed by atoms with Gasteiger partial charge in [0.25, 0.3) is 0 Å². The summed E-state index contributed by atoms with van der Waals surface area (Å²) in [4.78, 5) is 4.72. The van der Waals surface area contributed by atoms with Crippen molar-refractivity contribution in [3.05, 3.63) is 121 Å². The molecule has 2 aromatic heterocycles. The largest absolute Gasteiger partial charge is 0.440 e. The quantitative estimate of drug-likeness (QED) is 0.254. The van der Waals surface area contributed by atoms with Crippen molar-refractivity contribution in [2.75, 3.05) is 0 Å². The molecular weight excluding hydrogens is 444 g/mol. The van der Waals surface area contributed by atoms with Gasteiger partial charge in [-0.2, -0.15) is 0 Å². The second-order valence-electron chi connectivity index (χ2n) is 8.77. The van der Waals surface area contributed by atoms with Crippen molar-refractivity contribution in [2.24, 2.45) is 0 Å². The lowest BCUT2D eigenvalue weighted by Crippen LogP contribution is -1.87. The van der Waals surface area contributed by atoms with Crippen LogP contribution in [0.2, 0.25) is 0 Å². The van der Waals surface area contributed by atoms with E-state index in [4.69, 9.17) is 13.9 Å². The third kappa shape index (κ3) is 4.03. The SMILES string of the molecule is Cc1nc(-c2cccc(-c3cccc(-c4c(-c5ccccc5)noc4C)c3)c2)c(-c2ccccc2)o1. The summed E-state index contributed by atoms with van der Waals surface area (Å²) in [7, 11) is 0. The van der Waals surface area contributed by atoms with Gasteiger partial charge in [-0.3, -0.25) is 0 Å². The van der Waals surface area contributed by atoms with Gasteiger partial charge in [0.1, 0.15) is 17.1 Å². The first kappa shape index (κ1) is 21.8. The van der Waals surface area contributed by atoms with E-state index in [2.05, 4.69) is 65.8 Å². The molecule has 0 aliphatic rings. The minimum atomic E-state index is 0.646. The summed E-state index contributed by atoms with van der Waals surface area (Å²) in [6.07, 6.45) is 0. The van der Waals surface area contributed by atoms with Gasteiger partial charge in [-0.25, -0.2) is 4.98 Å². The Morgan fingerprint density at radius 1 is 0.528 bits per heavy atom. The maximum absolute atomic E-state index is 6.01. The van der Waals surface area contributed by atoms with Crippen LogP contribution in [0.4, 0.5) is 0 Å². The third-order valence-corrected chi connectivity index (χ3v) is 6.30. The lowest BCUT2D eigenvalue weighted by molar-refractivity contribution is 0.400. The summed E-state index contributed by atoms with van der Waals surface area (Å²) < 4.78 is 11.6. The van der Waals surface area contributed by atoms with Gasteiger partial charge in [0, 0.05) is 23.6 Å². The van der Waals surface area contributed by atoms with E-state index in [1.165, 1.54) is 0 Å². The molecule has 0 amide bonds. The third-order valence-electron chi connectivity index (χ3n) is 6.30. The predicted octanol–water partition coefficient (Wildman–Crippen LogP) is 8.61.